The van der Waals surface area contributed by atoms with Crippen molar-refractivity contribution < 1.29 is 13.2 Å². The fourth-order valence-electron chi connectivity index (χ4n) is 1.06. The van der Waals surface area contributed by atoms with Gasteiger partial charge in [-0.3, -0.25) is 0 Å². The average Bonchev–Trinajstić information content (AvgIpc) is 2.61. The molecule has 3 nitrogen and oxygen atoms in total. The molecular weight excluding hydrogens is 227 g/mol. The van der Waals surface area contributed by atoms with Gasteiger partial charge < -0.3 is 5.32 Å². The number of alkyl halides is 3. The lowest BCUT2D eigenvalue weighted by molar-refractivity contribution is -0.138. The number of nitrogens with zero attached hydrogens (tertiary/aromatic N) is 2. The number of halogens is 3. The molecule has 0 atom stereocenters. The molecule has 15 heavy (non-hydrogen) atoms. The summed E-state index contributed by atoms with van der Waals surface area (Å²) in [6.45, 7) is 3.93. The zero-order valence-electron chi connectivity index (χ0n) is 8.43. The summed E-state index contributed by atoms with van der Waals surface area (Å²) in [6, 6.07) is 0.152. The van der Waals surface area contributed by atoms with Crippen LogP contribution in [0.2, 0.25) is 0 Å². The van der Waals surface area contributed by atoms with Crippen molar-refractivity contribution in [3.63, 3.8) is 0 Å². The van der Waals surface area contributed by atoms with Crippen molar-refractivity contribution in [3.8, 4) is 0 Å². The highest BCUT2D eigenvalue weighted by atomic mass is 32.1. The first-order valence-electron chi connectivity index (χ1n) is 4.64. The maximum Gasteiger partial charge on any atom is 0.445 e. The molecule has 0 saturated carbocycles. The average molecular weight is 239 g/mol. The van der Waals surface area contributed by atoms with Gasteiger partial charge in [0.15, 0.2) is 0 Å². The molecule has 0 unspecified atom stereocenters. The fourth-order valence-corrected chi connectivity index (χ4v) is 1.75. The second kappa shape index (κ2) is 4.78. The Morgan fingerprint density at radius 2 is 1.87 bits per heavy atom. The van der Waals surface area contributed by atoms with Crippen LogP contribution in [0.3, 0.4) is 0 Å². The molecule has 0 fully saturated rings. The topological polar surface area (TPSA) is 37.8 Å². The van der Waals surface area contributed by atoms with E-state index < -0.39 is 11.2 Å². The lowest BCUT2D eigenvalue weighted by Crippen LogP contribution is -2.16. The molecule has 0 saturated heterocycles. The second-order valence-electron chi connectivity index (χ2n) is 3.07. The van der Waals surface area contributed by atoms with Crippen LogP contribution >= 0.6 is 11.3 Å². The summed E-state index contributed by atoms with van der Waals surface area (Å²) in [5.74, 6) is 0. The molecule has 1 heterocycles. The Labute approximate surface area is 89.7 Å². The molecule has 86 valence electrons. The maximum absolute atomic E-state index is 12.2. The standard InChI is InChI=1S/C8H12F3N3S/c1-3-5(4-2)12-7-14-13-6(15-7)8(9,10)11/h5H,3-4H2,1-2H3,(H,12,14). The summed E-state index contributed by atoms with van der Waals surface area (Å²) >= 11 is 0.541. The van der Waals surface area contributed by atoms with Crippen molar-refractivity contribution in [1.82, 2.24) is 10.2 Å². The summed E-state index contributed by atoms with van der Waals surface area (Å²) in [5.41, 5.74) is 0. The van der Waals surface area contributed by atoms with Crippen molar-refractivity contribution >= 4 is 16.5 Å². The monoisotopic (exact) mass is 239 g/mol. The van der Waals surface area contributed by atoms with E-state index in [1.54, 1.807) is 0 Å². The van der Waals surface area contributed by atoms with Gasteiger partial charge in [0.2, 0.25) is 10.1 Å². The Hall–Kier alpha value is -0.850. The predicted molar refractivity (Wildman–Crippen MR) is 52.9 cm³/mol. The van der Waals surface area contributed by atoms with Crippen LogP contribution in [0.4, 0.5) is 18.3 Å². The zero-order valence-corrected chi connectivity index (χ0v) is 9.24. The minimum absolute atomic E-state index is 0.152. The summed E-state index contributed by atoms with van der Waals surface area (Å²) in [7, 11) is 0. The van der Waals surface area contributed by atoms with Crippen LogP contribution in [0.1, 0.15) is 31.7 Å². The van der Waals surface area contributed by atoms with Gasteiger partial charge in [-0.25, -0.2) is 0 Å². The van der Waals surface area contributed by atoms with Crippen LogP contribution in [0.25, 0.3) is 0 Å². The van der Waals surface area contributed by atoms with Gasteiger partial charge in [-0.05, 0) is 12.8 Å². The number of rotatable bonds is 4. The van der Waals surface area contributed by atoms with Crippen LogP contribution in [0.15, 0.2) is 0 Å². The molecule has 1 aromatic heterocycles. The van der Waals surface area contributed by atoms with Crippen LogP contribution < -0.4 is 5.32 Å². The molecular formula is C8H12F3N3S. The SMILES string of the molecule is CCC(CC)Nc1nnc(C(F)(F)F)s1. The third-order valence-electron chi connectivity index (χ3n) is 1.98. The van der Waals surface area contributed by atoms with Crippen LogP contribution in [-0.2, 0) is 6.18 Å². The first-order valence-corrected chi connectivity index (χ1v) is 5.46. The zero-order chi connectivity index (χ0) is 11.5. The second-order valence-corrected chi connectivity index (χ2v) is 4.05. The van der Waals surface area contributed by atoms with Gasteiger partial charge in [0.25, 0.3) is 0 Å². The highest BCUT2D eigenvalue weighted by Crippen LogP contribution is 2.33. The number of hydrogen-bond acceptors (Lipinski definition) is 4. The molecule has 1 rings (SSSR count). The Morgan fingerprint density at radius 3 is 2.27 bits per heavy atom. The van der Waals surface area contributed by atoms with Gasteiger partial charge in [-0.1, -0.05) is 25.2 Å². The Morgan fingerprint density at radius 1 is 1.27 bits per heavy atom. The van der Waals surface area contributed by atoms with Crippen molar-refractivity contribution in [2.24, 2.45) is 0 Å². The van der Waals surface area contributed by atoms with E-state index in [0.29, 0.717) is 11.3 Å². The molecule has 0 bridgehead atoms. The van der Waals surface area contributed by atoms with Crippen molar-refractivity contribution in [1.29, 1.82) is 0 Å². The first kappa shape index (κ1) is 12.2. The largest absolute Gasteiger partial charge is 0.445 e. The molecule has 0 spiro atoms. The lowest BCUT2D eigenvalue weighted by Gasteiger charge is -2.12. The van der Waals surface area contributed by atoms with Crippen molar-refractivity contribution in [3.05, 3.63) is 5.01 Å². The highest BCUT2D eigenvalue weighted by molar-refractivity contribution is 7.15. The third kappa shape index (κ3) is 3.33. The number of anilines is 1. The van der Waals surface area contributed by atoms with Crippen molar-refractivity contribution in [2.75, 3.05) is 5.32 Å². The minimum Gasteiger partial charge on any atom is -0.357 e. The van der Waals surface area contributed by atoms with Gasteiger partial charge in [0.05, 0.1) is 0 Å². The summed E-state index contributed by atoms with van der Waals surface area (Å²) in [6.07, 6.45) is -2.71. The summed E-state index contributed by atoms with van der Waals surface area (Å²) in [5, 5.41) is 8.79. The molecule has 7 heteroatoms. The smallest absolute Gasteiger partial charge is 0.357 e. The van der Waals surface area contributed by atoms with Crippen LogP contribution in [0.5, 0.6) is 0 Å². The third-order valence-corrected chi connectivity index (χ3v) is 2.88. The van der Waals surface area contributed by atoms with E-state index in [2.05, 4.69) is 15.5 Å². The predicted octanol–water partition coefficient (Wildman–Crippen LogP) is 3.16. The molecule has 1 N–H and O–H groups in total. The number of nitrogens with one attached hydrogen (secondary N) is 1. The van der Waals surface area contributed by atoms with E-state index in [9.17, 15) is 13.2 Å². The molecule has 0 amide bonds. The molecule has 0 radical (unpaired) electrons. The molecule has 1 aromatic rings. The number of hydrogen-bond donors (Lipinski definition) is 1. The summed E-state index contributed by atoms with van der Waals surface area (Å²) in [4.78, 5) is 0. The number of aromatic nitrogens is 2. The first-order chi connectivity index (χ1) is 6.97. The van der Waals surface area contributed by atoms with Crippen LogP contribution in [0, 0.1) is 0 Å². The maximum atomic E-state index is 12.2. The lowest BCUT2D eigenvalue weighted by atomic mass is 10.2. The van der Waals surface area contributed by atoms with E-state index in [0.717, 1.165) is 12.8 Å². The van der Waals surface area contributed by atoms with Gasteiger partial charge in [-0.2, -0.15) is 13.2 Å². The highest BCUT2D eigenvalue weighted by Gasteiger charge is 2.35. The van der Waals surface area contributed by atoms with E-state index in [4.69, 9.17) is 0 Å². The van der Waals surface area contributed by atoms with Crippen LogP contribution in [-0.4, -0.2) is 16.2 Å². The Balaban J connectivity index is 2.68. The van der Waals surface area contributed by atoms with E-state index >= 15 is 0 Å². The molecule has 0 aliphatic heterocycles. The normalized spacial score (nSPS) is 12.1. The van der Waals surface area contributed by atoms with Crippen molar-refractivity contribution in [2.45, 2.75) is 38.9 Å². The van der Waals surface area contributed by atoms with Gasteiger partial charge in [0.1, 0.15) is 0 Å². The van der Waals surface area contributed by atoms with Gasteiger partial charge in [-0.15, -0.1) is 10.2 Å². The fraction of sp³-hybridized carbons (Fsp3) is 0.750. The van der Waals surface area contributed by atoms with Gasteiger partial charge >= 0.3 is 6.18 Å². The quantitative estimate of drug-likeness (QED) is 0.877. The minimum atomic E-state index is -4.40. The summed E-state index contributed by atoms with van der Waals surface area (Å²) < 4.78 is 36.5. The van der Waals surface area contributed by atoms with Gasteiger partial charge in [0, 0.05) is 6.04 Å². The molecule has 0 aliphatic carbocycles. The van der Waals surface area contributed by atoms with E-state index in [-0.39, 0.29) is 11.2 Å². The Kier molecular flexibility index (Phi) is 3.90. The van der Waals surface area contributed by atoms with E-state index in [1.807, 2.05) is 13.8 Å². The Bertz CT molecular complexity index is 306. The molecule has 0 aromatic carbocycles. The van der Waals surface area contributed by atoms with E-state index in [1.165, 1.54) is 0 Å². The molecule has 0 aliphatic rings.